The van der Waals surface area contributed by atoms with Crippen LogP contribution in [0.25, 0.3) is 0 Å². The van der Waals surface area contributed by atoms with Crippen LogP contribution >= 0.6 is 12.6 Å². The van der Waals surface area contributed by atoms with Gasteiger partial charge in [-0.15, -0.1) is 0 Å². The molecule has 0 aliphatic carbocycles. The predicted octanol–water partition coefficient (Wildman–Crippen LogP) is 0.417. The third-order valence-electron chi connectivity index (χ3n) is 2.51. The Morgan fingerprint density at radius 2 is 1.89 bits per heavy atom. The zero-order chi connectivity index (χ0) is 14.3. The number of carbonyl (C=O) groups is 3. The first-order chi connectivity index (χ1) is 8.33. The number of thiol groups is 1. The maximum absolute atomic E-state index is 12.0. The molecule has 0 bridgehead atoms. The summed E-state index contributed by atoms with van der Waals surface area (Å²) in [6.45, 7) is 2.84. The SMILES string of the molecule is COC(=O)C[C@@H](C)N(CC(=O)O)C(=O)C(C)CS. The van der Waals surface area contributed by atoms with Gasteiger partial charge in [0.2, 0.25) is 5.91 Å². The Hall–Kier alpha value is -1.24. The molecule has 0 saturated heterocycles. The van der Waals surface area contributed by atoms with Crippen molar-refractivity contribution in [3.8, 4) is 0 Å². The number of esters is 1. The molecule has 1 amide bonds. The van der Waals surface area contributed by atoms with Crippen molar-refractivity contribution < 1.29 is 24.2 Å². The van der Waals surface area contributed by atoms with Gasteiger partial charge in [-0.2, -0.15) is 12.6 Å². The van der Waals surface area contributed by atoms with Crippen LogP contribution in [0.2, 0.25) is 0 Å². The topological polar surface area (TPSA) is 83.9 Å². The number of aliphatic carboxylic acids is 1. The molecule has 2 atom stereocenters. The molecule has 0 fully saturated rings. The van der Waals surface area contributed by atoms with Crippen molar-refractivity contribution in [1.29, 1.82) is 0 Å². The quantitative estimate of drug-likeness (QED) is 0.520. The molecule has 0 rings (SSSR count). The standard InChI is InChI=1S/C11H19NO5S/c1-7(6-18)11(16)12(5-9(13)14)8(2)4-10(15)17-3/h7-8,18H,4-6H2,1-3H3,(H,13,14)/t7?,8-/m1/s1. The molecule has 104 valence electrons. The summed E-state index contributed by atoms with van der Waals surface area (Å²) in [5, 5.41) is 8.80. The Labute approximate surface area is 112 Å². The minimum Gasteiger partial charge on any atom is -0.480 e. The van der Waals surface area contributed by atoms with E-state index in [1.807, 2.05) is 0 Å². The Balaban J connectivity index is 4.81. The van der Waals surface area contributed by atoms with Crippen LogP contribution in [0.1, 0.15) is 20.3 Å². The second kappa shape index (κ2) is 7.97. The molecule has 0 radical (unpaired) electrons. The minimum absolute atomic E-state index is 0.0329. The highest BCUT2D eigenvalue weighted by atomic mass is 32.1. The van der Waals surface area contributed by atoms with E-state index in [-0.39, 0.29) is 12.3 Å². The highest BCUT2D eigenvalue weighted by molar-refractivity contribution is 7.80. The van der Waals surface area contributed by atoms with Gasteiger partial charge in [0, 0.05) is 17.7 Å². The van der Waals surface area contributed by atoms with Crippen LogP contribution in [0.5, 0.6) is 0 Å². The van der Waals surface area contributed by atoms with Crippen LogP contribution in [0.15, 0.2) is 0 Å². The van der Waals surface area contributed by atoms with Crippen LogP contribution < -0.4 is 0 Å². The number of hydrogen-bond donors (Lipinski definition) is 2. The van der Waals surface area contributed by atoms with Gasteiger partial charge >= 0.3 is 11.9 Å². The zero-order valence-corrected chi connectivity index (χ0v) is 11.6. The number of carboxylic acid groups (broad SMARTS) is 1. The Morgan fingerprint density at radius 1 is 1.33 bits per heavy atom. The van der Waals surface area contributed by atoms with Gasteiger partial charge in [0.05, 0.1) is 13.5 Å². The van der Waals surface area contributed by atoms with Gasteiger partial charge in [0.25, 0.3) is 0 Å². The molecule has 0 aliphatic rings. The number of ether oxygens (including phenoxy) is 1. The summed E-state index contributed by atoms with van der Waals surface area (Å²) in [7, 11) is 1.24. The molecule has 0 aliphatic heterocycles. The molecular formula is C11H19NO5S. The highest BCUT2D eigenvalue weighted by Crippen LogP contribution is 2.11. The summed E-state index contributed by atoms with van der Waals surface area (Å²) < 4.78 is 4.50. The average Bonchev–Trinajstić information content (AvgIpc) is 2.33. The van der Waals surface area contributed by atoms with Gasteiger partial charge < -0.3 is 14.7 Å². The molecule has 0 aromatic rings. The molecule has 1 N–H and O–H groups in total. The third-order valence-corrected chi connectivity index (χ3v) is 3.05. The lowest BCUT2D eigenvalue weighted by atomic mass is 10.1. The zero-order valence-electron chi connectivity index (χ0n) is 10.8. The molecule has 18 heavy (non-hydrogen) atoms. The van der Waals surface area contributed by atoms with Crippen LogP contribution in [0, 0.1) is 5.92 Å². The summed E-state index contributed by atoms with van der Waals surface area (Å²) in [4.78, 5) is 35.1. The molecule has 0 heterocycles. The molecule has 0 aromatic carbocycles. The predicted molar refractivity (Wildman–Crippen MR) is 68.5 cm³/mol. The van der Waals surface area contributed by atoms with Gasteiger partial charge in [-0.1, -0.05) is 6.92 Å². The van der Waals surface area contributed by atoms with Gasteiger partial charge in [0.15, 0.2) is 0 Å². The number of rotatable bonds is 7. The molecule has 0 spiro atoms. The Bertz CT molecular complexity index is 321. The lowest BCUT2D eigenvalue weighted by Crippen LogP contribution is -2.45. The number of carboxylic acids is 1. The first-order valence-electron chi connectivity index (χ1n) is 5.53. The summed E-state index contributed by atoms with van der Waals surface area (Å²) in [6, 6.07) is -0.525. The summed E-state index contributed by atoms with van der Waals surface area (Å²) in [6.07, 6.45) is -0.0329. The largest absolute Gasteiger partial charge is 0.480 e. The lowest BCUT2D eigenvalue weighted by molar-refractivity contribution is -0.150. The van der Waals surface area contributed by atoms with Crippen molar-refractivity contribution in [3.05, 3.63) is 0 Å². The van der Waals surface area contributed by atoms with Gasteiger partial charge in [-0.05, 0) is 6.92 Å². The summed E-state index contributed by atoms with van der Waals surface area (Å²) in [5.74, 6) is -2.01. The van der Waals surface area contributed by atoms with E-state index < -0.39 is 30.4 Å². The molecule has 7 heteroatoms. The number of amides is 1. The van der Waals surface area contributed by atoms with Crippen molar-refractivity contribution in [3.63, 3.8) is 0 Å². The van der Waals surface area contributed by atoms with Crippen molar-refractivity contribution >= 4 is 30.5 Å². The summed E-state index contributed by atoms with van der Waals surface area (Å²) >= 11 is 4.01. The fourth-order valence-corrected chi connectivity index (χ4v) is 1.55. The number of hydrogen-bond acceptors (Lipinski definition) is 5. The monoisotopic (exact) mass is 277 g/mol. The van der Waals surface area contributed by atoms with E-state index in [9.17, 15) is 14.4 Å². The number of methoxy groups -OCH3 is 1. The fourth-order valence-electron chi connectivity index (χ4n) is 1.39. The maximum Gasteiger partial charge on any atom is 0.323 e. The fraction of sp³-hybridized carbons (Fsp3) is 0.727. The Kier molecular flexibility index (Phi) is 7.42. The smallest absolute Gasteiger partial charge is 0.323 e. The van der Waals surface area contributed by atoms with Gasteiger partial charge in [-0.25, -0.2) is 0 Å². The van der Waals surface area contributed by atoms with E-state index in [0.717, 1.165) is 0 Å². The van der Waals surface area contributed by atoms with Crippen molar-refractivity contribution in [2.45, 2.75) is 26.3 Å². The van der Waals surface area contributed by atoms with Gasteiger partial charge in [0.1, 0.15) is 6.54 Å². The molecular weight excluding hydrogens is 258 g/mol. The normalized spacial score (nSPS) is 13.6. The second-order valence-electron chi connectivity index (χ2n) is 4.07. The van der Waals surface area contributed by atoms with Crippen LogP contribution in [-0.2, 0) is 19.1 Å². The molecule has 0 saturated carbocycles. The van der Waals surface area contributed by atoms with Crippen LogP contribution in [-0.4, -0.2) is 53.3 Å². The van der Waals surface area contributed by atoms with Crippen LogP contribution in [0.3, 0.4) is 0 Å². The first-order valence-corrected chi connectivity index (χ1v) is 6.16. The maximum atomic E-state index is 12.0. The number of carbonyl (C=O) groups excluding carboxylic acids is 2. The Morgan fingerprint density at radius 3 is 2.28 bits per heavy atom. The van der Waals surface area contributed by atoms with Crippen LogP contribution in [0.4, 0.5) is 0 Å². The van der Waals surface area contributed by atoms with E-state index in [1.165, 1.54) is 12.0 Å². The summed E-state index contributed by atoms with van der Waals surface area (Å²) in [5.41, 5.74) is 0. The van der Waals surface area contributed by atoms with E-state index >= 15 is 0 Å². The third kappa shape index (κ3) is 5.39. The molecule has 1 unspecified atom stereocenters. The van der Waals surface area contributed by atoms with Crippen molar-refractivity contribution in [2.24, 2.45) is 5.92 Å². The molecule has 0 aromatic heterocycles. The average molecular weight is 277 g/mol. The first kappa shape index (κ1) is 16.8. The lowest BCUT2D eigenvalue weighted by Gasteiger charge is -2.29. The van der Waals surface area contributed by atoms with E-state index in [1.54, 1.807) is 13.8 Å². The van der Waals surface area contributed by atoms with Crippen molar-refractivity contribution in [1.82, 2.24) is 4.90 Å². The van der Waals surface area contributed by atoms with Gasteiger partial charge in [-0.3, -0.25) is 14.4 Å². The molecule has 6 nitrogen and oxygen atoms in total. The van der Waals surface area contributed by atoms with E-state index in [0.29, 0.717) is 5.75 Å². The van der Waals surface area contributed by atoms with Crippen molar-refractivity contribution in [2.75, 3.05) is 19.4 Å². The second-order valence-corrected chi connectivity index (χ2v) is 4.44. The number of nitrogens with zero attached hydrogens (tertiary/aromatic N) is 1. The highest BCUT2D eigenvalue weighted by Gasteiger charge is 2.27. The minimum atomic E-state index is -1.12. The van der Waals surface area contributed by atoms with E-state index in [2.05, 4.69) is 17.4 Å². The van der Waals surface area contributed by atoms with E-state index in [4.69, 9.17) is 5.11 Å².